The first kappa shape index (κ1) is 17.0. The summed E-state index contributed by atoms with van der Waals surface area (Å²) in [6.07, 6.45) is 1.43. The van der Waals surface area contributed by atoms with E-state index in [0.717, 1.165) is 12.0 Å². The Morgan fingerprint density at radius 3 is 2.50 bits per heavy atom. The molecule has 1 aromatic rings. The molecule has 1 aliphatic rings. The van der Waals surface area contributed by atoms with E-state index < -0.39 is 37.0 Å². The summed E-state index contributed by atoms with van der Waals surface area (Å²) in [4.78, 5) is 46.2. The molecule has 1 fully saturated rings. The van der Waals surface area contributed by atoms with Gasteiger partial charge in [0, 0.05) is 0 Å². The number of amides is 3. The molecule has 1 aromatic carbocycles. The Kier molecular flexibility index (Phi) is 5.15. The van der Waals surface area contributed by atoms with Crippen molar-refractivity contribution < 1.29 is 33.8 Å². The van der Waals surface area contributed by atoms with Gasteiger partial charge in [-0.1, -0.05) is 12.1 Å². The van der Waals surface area contributed by atoms with Gasteiger partial charge in [-0.05, 0) is 23.8 Å². The highest BCUT2D eigenvalue weighted by Gasteiger charge is 2.35. The summed E-state index contributed by atoms with van der Waals surface area (Å²) >= 11 is 0. The fraction of sp³-hybridized carbons (Fsp3) is 0.200. The van der Waals surface area contributed by atoms with Crippen LogP contribution in [0, 0.1) is 0 Å². The van der Waals surface area contributed by atoms with Crippen LogP contribution < -0.4 is 10.1 Å². The minimum atomic E-state index is -1.09. The molecule has 2 N–H and O–H groups in total. The summed E-state index contributed by atoms with van der Waals surface area (Å²) in [6, 6.07) is 5.53. The van der Waals surface area contributed by atoms with Crippen LogP contribution in [-0.2, 0) is 19.1 Å². The van der Waals surface area contributed by atoms with Crippen LogP contribution in [0.2, 0.25) is 0 Å². The highest BCUT2D eigenvalue weighted by molar-refractivity contribution is 6.15. The van der Waals surface area contributed by atoms with Crippen molar-refractivity contribution in [1.82, 2.24) is 10.2 Å². The first-order valence-corrected chi connectivity index (χ1v) is 6.76. The summed E-state index contributed by atoms with van der Waals surface area (Å²) in [7, 11) is 1.16. The molecule has 24 heavy (non-hydrogen) atoms. The van der Waals surface area contributed by atoms with E-state index in [2.05, 4.69) is 10.1 Å². The Morgan fingerprint density at radius 2 is 1.92 bits per heavy atom. The maximum atomic E-state index is 12.1. The molecule has 0 atom stereocenters. The number of benzene rings is 1. The number of aliphatic carboxylic acids is 1. The lowest BCUT2D eigenvalue weighted by Gasteiger charge is -2.09. The van der Waals surface area contributed by atoms with Gasteiger partial charge in [0.2, 0.25) is 0 Å². The van der Waals surface area contributed by atoms with E-state index in [-0.39, 0.29) is 5.70 Å². The maximum Gasteiger partial charge on any atom is 0.341 e. The van der Waals surface area contributed by atoms with Crippen molar-refractivity contribution in [2.75, 3.05) is 20.3 Å². The predicted octanol–water partition coefficient (Wildman–Crippen LogP) is 0.216. The van der Waals surface area contributed by atoms with E-state index in [0.29, 0.717) is 11.3 Å². The van der Waals surface area contributed by atoms with E-state index in [1.54, 1.807) is 12.1 Å². The number of methoxy groups -OCH3 is 1. The largest absolute Gasteiger partial charge is 0.482 e. The molecule has 126 valence electrons. The standard InChI is InChI=1S/C15H14N2O7/c1-23-13(20)7-17-14(21)11(16-15(17)22)6-9-2-4-10(5-3-9)24-8-12(18)19/h2-6H,7-8H2,1H3,(H,16,22)(H,18,19). The number of rotatable bonds is 6. The second-order valence-corrected chi connectivity index (χ2v) is 4.71. The van der Waals surface area contributed by atoms with Crippen molar-refractivity contribution in [2.45, 2.75) is 0 Å². The number of urea groups is 1. The maximum absolute atomic E-state index is 12.1. The van der Waals surface area contributed by atoms with Gasteiger partial charge in [0.1, 0.15) is 18.0 Å². The highest BCUT2D eigenvalue weighted by Crippen LogP contribution is 2.17. The molecule has 2 rings (SSSR count). The van der Waals surface area contributed by atoms with Crippen LogP contribution >= 0.6 is 0 Å². The van der Waals surface area contributed by atoms with Crippen LogP contribution in [0.3, 0.4) is 0 Å². The Morgan fingerprint density at radius 1 is 1.25 bits per heavy atom. The molecule has 0 aliphatic carbocycles. The first-order valence-electron chi connectivity index (χ1n) is 6.76. The van der Waals surface area contributed by atoms with Crippen LogP contribution in [0.25, 0.3) is 6.08 Å². The summed E-state index contributed by atoms with van der Waals surface area (Å²) in [6.45, 7) is -0.933. The number of carboxylic acid groups (broad SMARTS) is 1. The number of imide groups is 1. The van der Waals surface area contributed by atoms with Gasteiger partial charge >= 0.3 is 18.0 Å². The topological polar surface area (TPSA) is 122 Å². The molecule has 0 radical (unpaired) electrons. The Balaban J connectivity index is 2.08. The molecule has 1 heterocycles. The lowest BCUT2D eigenvalue weighted by molar-refractivity contribution is -0.143. The molecular formula is C15H14N2O7. The van der Waals surface area contributed by atoms with Gasteiger partial charge < -0.3 is 19.9 Å². The zero-order valence-electron chi connectivity index (χ0n) is 12.6. The van der Waals surface area contributed by atoms with E-state index in [9.17, 15) is 19.2 Å². The Labute approximate surface area is 136 Å². The Hall–Kier alpha value is -3.36. The first-order chi connectivity index (χ1) is 11.4. The predicted molar refractivity (Wildman–Crippen MR) is 79.8 cm³/mol. The van der Waals surface area contributed by atoms with Crippen LogP contribution in [0.15, 0.2) is 30.0 Å². The van der Waals surface area contributed by atoms with Crippen molar-refractivity contribution in [1.29, 1.82) is 0 Å². The van der Waals surface area contributed by atoms with E-state index in [4.69, 9.17) is 9.84 Å². The highest BCUT2D eigenvalue weighted by atomic mass is 16.5. The molecule has 1 saturated heterocycles. The fourth-order valence-electron chi connectivity index (χ4n) is 1.88. The fourth-order valence-corrected chi connectivity index (χ4v) is 1.88. The molecule has 0 spiro atoms. The smallest absolute Gasteiger partial charge is 0.341 e. The van der Waals surface area contributed by atoms with Gasteiger partial charge in [0.15, 0.2) is 6.61 Å². The average Bonchev–Trinajstić information content (AvgIpc) is 2.81. The second-order valence-electron chi connectivity index (χ2n) is 4.71. The van der Waals surface area contributed by atoms with Crippen molar-refractivity contribution in [3.63, 3.8) is 0 Å². The minimum Gasteiger partial charge on any atom is -0.482 e. The quantitative estimate of drug-likeness (QED) is 0.433. The van der Waals surface area contributed by atoms with Gasteiger partial charge in [-0.3, -0.25) is 9.59 Å². The van der Waals surface area contributed by atoms with Crippen molar-refractivity contribution in [2.24, 2.45) is 0 Å². The van der Waals surface area contributed by atoms with Gasteiger partial charge in [-0.15, -0.1) is 0 Å². The Bertz CT molecular complexity index is 709. The van der Waals surface area contributed by atoms with E-state index >= 15 is 0 Å². The molecule has 9 nitrogen and oxygen atoms in total. The zero-order valence-corrected chi connectivity index (χ0v) is 12.6. The third-order valence-electron chi connectivity index (χ3n) is 3.03. The molecule has 9 heteroatoms. The SMILES string of the molecule is COC(=O)CN1C(=O)NC(=Cc2ccc(OCC(=O)O)cc2)C1=O. The molecule has 0 unspecified atom stereocenters. The number of carbonyl (C=O) groups excluding carboxylic acids is 3. The van der Waals surface area contributed by atoms with Crippen molar-refractivity contribution in [3.05, 3.63) is 35.5 Å². The number of carbonyl (C=O) groups is 4. The number of ether oxygens (including phenoxy) is 2. The molecule has 0 saturated carbocycles. The molecular weight excluding hydrogens is 320 g/mol. The van der Waals surface area contributed by atoms with Crippen LogP contribution in [0.1, 0.15) is 5.56 Å². The van der Waals surface area contributed by atoms with Crippen molar-refractivity contribution in [3.8, 4) is 5.75 Å². The second kappa shape index (κ2) is 7.27. The minimum absolute atomic E-state index is 0.0168. The van der Waals surface area contributed by atoms with Gasteiger partial charge in [-0.25, -0.2) is 14.5 Å². The van der Waals surface area contributed by atoms with Gasteiger partial charge in [0.25, 0.3) is 5.91 Å². The third kappa shape index (κ3) is 4.09. The lowest BCUT2D eigenvalue weighted by atomic mass is 10.2. The van der Waals surface area contributed by atoms with Crippen LogP contribution in [0.5, 0.6) is 5.75 Å². The summed E-state index contributed by atoms with van der Waals surface area (Å²) in [5.41, 5.74) is 0.601. The van der Waals surface area contributed by atoms with Crippen LogP contribution in [0.4, 0.5) is 4.79 Å². The number of nitrogens with one attached hydrogen (secondary N) is 1. The molecule has 0 bridgehead atoms. The normalized spacial score (nSPS) is 15.4. The monoisotopic (exact) mass is 334 g/mol. The molecule has 1 aliphatic heterocycles. The van der Waals surface area contributed by atoms with Crippen molar-refractivity contribution >= 4 is 30.0 Å². The van der Waals surface area contributed by atoms with E-state index in [1.807, 2.05) is 0 Å². The van der Waals surface area contributed by atoms with Crippen LogP contribution in [-0.4, -0.2) is 54.1 Å². The summed E-state index contributed by atoms with van der Waals surface area (Å²) in [5.74, 6) is -2.09. The molecule has 3 amide bonds. The van der Waals surface area contributed by atoms with E-state index in [1.165, 1.54) is 18.2 Å². The molecule has 0 aromatic heterocycles. The number of esters is 1. The average molecular weight is 334 g/mol. The number of hydrogen-bond acceptors (Lipinski definition) is 6. The number of carboxylic acids is 1. The lowest BCUT2D eigenvalue weighted by Crippen LogP contribution is -2.36. The number of nitrogens with zero attached hydrogens (tertiary/aromatic N) is 1. The van der Waals surface area contributed by atoms with Gasteiger partial charge in [0.05, 0.1) is 7.11 Å². The zero-order chi connectivity index (χ0) is 17.7. The third-order valence-corrected chi connectivity index (χ3v) is 3.03. The summed E-state index contributed by atoms with van der Waals surface area (Å²) in [5, 5.41) is 10.9. The summed E-state index contributed by atoms with van der Waals surface area (Å²) < 4.78 is 9.41. The van der Waals surface area contributed by atoms with Gasteiger partial charge in [-0.2, -0.15) is 0 Å². The number of hydrogen-bond donors (Lipinski definition) is 2.